The number of nitrogens with one attached hydrogen (secondary N) is 1. The summed E-state index contributed by atoms with van der Waals surface area (Å²) < 4.78 is 13.0. The van der Waals surface area contributed by atoms with E-state index in [4.69, 9.17) is 9.47 Å². The topological polar surface area (TPSA) is 93.0 Å². The number of morpholine rings is 1. The van der Waals surface area contributed by atoms with Crippen LogP contribution in [0.15, 0.2) is 84.9 Å². The number of para-hydroxylation sites is 2. The van der Waals surface area contributed by atoms with Crippen molar-refractivity contribution in [3.63, 3.8) is 0 Å². The second-order valence-electron chi connectivity index (χ2n) is 8.90. The molecule has 4 aromatic rings. The van der Waals surface area contributed by atoms with Crippen LogP contribution < -0.4 is 10.1 Å². The van der Waals surface area contributed by atoms with Gasteiger partial charge in [0.15, 0.2) is 11.4 Å². The standard InChI is InChI=1S/C29H29N3O5/c33-23(20-31-15-17-36-18-16-31)19-30-28(34)26-27(37-29(35)21-9-3-1-4-10-21)24-13-7-8-14-25(24)32(26)22-11-5-2-6-12-22/h1-14,23,33H,15-20H2,(H,30,34). The highest BCUT2D eigenvalue weighted by molar-refractivity contribution is 6.07. The summed E-state index contributed by atoms with van der Waals surface area (Å²) >= 11 is 0. The van der Waals surface area contributed by atoms with Gasteiger partial charge >= 0.3 is 5.97 Å². The molecule has 37 heavy (non-hydrogen) atoms. The van der Waals surface area contributed by atoms with E-state index in [-0.39, 0.29) is 18.0 Å². The molecule has 8 nitrogen and oxygen atoms in total. The predicted octanol–water partition coefficient (Wildman–Crippen LogP) is 3.27. The van der Waals surface area contributed by atoms with Crippen LogP contribution in [0.5, 0.6) is 5.75 Å². The lowest BCUT2D eigenvalue weighted by atomic mass is 10.2. The SMILES string of the molecule is O=C(Oc1c(C(=O)NCC(O)CN2CCOCC2)n(-c2ccccc2)c2ccccc12)c1ccccc1. The minimum absolute atomic E-state index is 0.0541. The molecule has 190 valence electrons. The van der Waals surface area contributed by atoms with Crippen LogP contribution in [0, 0.1) is 0 Å². The molecule has 1 aromatic heterocycles. The zero-order valence-electron chi connectivity index (χ0n) is 20.4. The zero-order valence-corrected chi connectivity index (χ0v) is 20.4. The molecule has 1 aliphatic heterocycles. The van der Waals surface area contributed by atoms with E-state index in [0.717, 1.165) is 24.3 Å². The first kappa shape index (κ1) is 24.7. The first-order valence-corrected chi connectivity index (χ1v) is 12.3. The van der Waals surface area contributed by atoms with E-state index in [9.17, 15) is 14.7 Å². The van der Waals surface area contributed by atoms with Gasteiger partial charge in [-0.25, -0.2) is 4.79 Å². The quantitative estimate of drug-likeness (QED) is 0.362. The van der Waals surface area contributed by atoms with Crippen molar-refractivity contribution in [2.75, 3.05) is 39.4 Å². The van der Waals surface area contributed by atoms with E-state index >= 15 is 0 Å². The number of β-amino-alcohol motifs (C(OH)–C–C–N with tert-alkyl or cyclic N) is 1. The van der Waals surface area contributed by atoms with Gasteiger partial charge in [-0.15, -0.1) is 0 Å². The summed E-state index contributed by atoms with van der Waals surface area (Å²) in [5, 5.41) is 14.1. The van der Waals surface area contributed by atoms with Gasteiger partial charge in [0.05, 0.1) is 30.4 Å². The van der Waals surface area contributed by atoms with E-state index in [0.29, 0.717) is 30.7 Å². The molecular formula is C29H29N3O5. The Morgan fingerprint density at radius 3 is 2.30 bits per heavy atom. The van der Waals surface area contributed by atoms with E-state index < -0.39 is 18.0 Å². The fraction of sp³-hybridized carbons (Fsp3) is 0.241. The molecule has 0 aliphatic carbocycles. The maximum absolute atomic E-state index is 13.7. The van der Waals surface area contributed by atoms with Crippen molar-refractivity contribution in [1.29, 1.82) is 0 Å². The fourth-order valence-electron chi connectivity index (χ4n) is 4.53. The van der Waals surface area contributed by atoms with Crippen LogP contribution in [-0.2, 0) is 4.74 Å². The van der Waals surface area contributed by atoms with Crippen LogP contribution in [0.1, 0.15) is 20.8 Å². The van der Waals surface area contributed by atoms with Crippen LogP contribution in [0.3, 0.4) is 0 Å². The molecule has 0 spiro atoms. The number of rotatable bonds is 8. The van der Waals surface area contributed by atoms with Crippen molar-refractivity contribution >= 4 is 22.8 Å². The van der Waals surface area contributed by atoms with E-state index in [1.54, 1.807) is 28.8 Å². The predicted molar refractivity (Wildman–Crippen MR) is 140 cm³/mol. The molecule has 1 amide bonds. The molecule has 1 aliphatic rings. The van der Waals surface area contributed by atoms with Gasteiger partial charge in [-0.05, 0) is 36.4 Å². The monoisotopic (exact) mass is 499 g/mol. The molecule has 2 heterocycles. The first-order valence-electron chi connectivity index (χ1n) is 12.3. The number of fused-ring (bicyclic) bond motifs is 1. The number of amides is 1. The number of benzene rings is 3. The van der Waals surface area contributed by atoms with Crippen LogP contribution in [0.2, 0.25) is 0 Å². The Bertz CT molecular complexity index is 1360. The summed E-state index contributed by atoms with van der Waals surface area (Å²) in [5.41, 5.74) is 2.05. The molecule has 1 fully saturated rings. The van der Waals surface area contributed by atoms with Gasteiger partial charge in [-0.3, -0.25) is 9.69 Å². The van der Waals surface area contributed by atoms with Crippen LogP contribution >= 0.6 is 0 Å². The number of esters is 1. The maximum atomic E-state index is 13.7. The fourth-order valence-corrected chi connectivity index (χ4v) is 4.53. The third-order valence-corrected chi connectivity index (χ3v) is 6.33. The first-order chi connectivity index (χ1) is 18.1. The maximum Gasteiger partial charge on any atom is 0.343 e. The van der Waals surface area contributed by atoms with Gasteiger partial charge in [-0.2, -0.15) is 0 Å². The van der Waals surface area contributed by atoms with Crippen molar-refractivity contribution in [1.82, 2.24) is 14.8 Å². The molecule has 0 bridgehead atoms. The molecule has 1 unspecified atom stereocenters. The van der Waals surface area contributed by atoms with Crippen molar-refractivity contribution in [2.45, 2.75) is 6.10 Å². The Balaban J connectivity index is 1.49. The molecule has 1 atom stereocenters. The number of carbonyl (C=O) groups excluding carboxylic acids is 2. The normalized spacial score (nSPS) is 14.8. The Morgan fingerprint density at radius 1 is 0.919 bits per heavy atom. The molecule has 8 heteroatoms. The Kier molecular flexibility index (Phi) is 7.60. The number of nitrogens with zero attached hydrogens (tertiary/aromatic N) is 2. The Labute approximate surface area is 215 Å². The molecule has 3 aromatic carbocycles. The summed E-state index contributed by atoms with van der Waals surface area (Å²) in [6.07, 6.45) is -0.757. The smallest absolute Gasteiger partial charge is 0.343 e. The van der Waals surface area contributed by atoms with Gasteiger partial charge in [-0.1, -0.05) is 48.5 Å². The van der Waals surface area contributed by atoms with Crippen molar-refractivity contribution in [3.8, 4) is 11.4 Å². The van der Waals surface area contributed by atoms with E-state index in [1.807, 2.05) is 60.7 Å². The average molecular weight is 500 g/mol. The number of hydrogen-bond donors (Lipinski definition) is 2. The zero-order chi connectivity index (χ0) is 25.6. The molecule has 5 rings (SSSR count). The highest BCUT2D eigenvalue weighted by atomic mass is 16.5. The van der Waals surface area contributed by atoms with Gasteiger partial charge in [0.1, 0.15) is 0 Å². The molecule has 0 radical (unpaired) electrons. The largest absolute Gasteiger partial charge is 0.420 e. The van der Waals surface area contributed by atoms with Crippen molar-refractivity contribution in [2.24, 2.45) is 0 Å². The lowest BCUT2D eigenvalue weighted by Gasteiger charge is -2.28. The van der Waals surface area contributed by atoms with Crippen molar-refractivity contribution in [3.05, 3.63) is 96.2 Å². The van der Waals surface area contributed by atoms with Crippen molar-refractivity contribution < 1.29 is 24.2 Å². The third-order valence-electron chi connectivity index (χ3n) is 6.33. The van der Waals surface area contributed by atoms with Crippen LogP contribution in [-0.4, -0.2) is 71.9 Å². The van der Waals surface area contributed by atoms with Gasteiger partial charge in [0.2, 0.25) is 0 Å². The highest BCUT2D eigenvalue weighted by Crippen LogP contribution is 2.36. The van der Waals surface area contributed by atoms with E-state index in [2.05, 4.69) is 10.2 Å². The molecular weight excluding hydrogens is 470 g/mol. The third kappa shape index (κ3) is 5.56. The van der Waals surface area contributed by atoms with Crippen LogP contribution in [0.25, 0.3) is 16.6 Å². The number of aromatic nitrogens is 1. The minimum Gasteiger partial charge on any atom is -0.420 e. The highest BCUT2D eigenvalue weighted by Gasteiger charge is 2.28. The lowest BCUT2D eigenvalue weighted by Crippen LogP contribution is -2.44. The summed E-state index contributed by atoms with van der Waals surface area (Å²) in [7, 11) is 0. The number of ether oxygens (including phenoxy) is 2. The second kappa shape index (κ2) is 11.4. The van der Waals surface area contributed by atoms with Crippen LogP contribution in [0.4, 0.5) is 0 Å². The number of hydrogen-bond acceptors (Lipinski definition) is 6. The molecule has 2 N–H and O–H groups in total. The summed E-state index contributed by atoms with van der Waals surface area (Å²) in [4.78, 5) is 28.8. The number of aliphatic hydroxyl groups excluding tert-OH is 1. The van der Waals surface area contributed by atoms with Gasteiger partial charge < -0.3 is 24.5 Å². The lowest BCUT2D eigenvalue weighted by molar-refractivity contribution is 0.0149. The van der Waals surface area contributed by atoms with Gasteiger partial charge in [0, 0.05) is 37.3 Å². The number of carbonyl (C=O) groups is 2. The second-order valence-corrected chi connectivity index (χ2v) is 8.90. The van der Waals surface area contributed by atoms with E-state index in [1.165, 1.54) is 0 Å². The average Bonchev–Trinajstić information content (AvgIpc) is 3.27. The Hall–Kier alpha value is -3.98. The summed E-state index contributed by atoms with van der Waals surface area (Å²) in [6, 6.07) is 25.5. The van der Waals surface area contributed by atoms with Gasteiger partial charge in [0.25, 0.3) is 5.91 Å². The molecule has 0 saturated carbocycles. The minimum atomic E-state index is -0.757. The molecule has 1 saturated heterocycles. The number of aliphatic hydroxyl groups is 1. The summed E-state index contributed by atoms with van der Waals surface area (Å²) in [6.45, 7) is 3.23. The summed E-state index contributed by atoms with van der Waals surface area (Å²) in [5.74, 6) is -0.830. The Morgan fingerprint density at radius 2 is 1.57 bits per heavy atom.